The Bertz CT molecular complexity index is 537. The van der Waals surface area contributed by atoms with E-state index < -0.39 is 0 Å². The fourth-order valence-electron chi connectivity index (χ4n) is 1.93. The second kappa shape index (κ2) is 6.38. The minimum absolute atomic E-state index is 0.0570. The van der Waals surface area contributed by atoms with Crippen molar-refractivity contribution in [2.45, 2.75) is 6.42 Å². The summed E-state index contributed by atoms with van der Waals surface area (Å²) in [5.41, 5.74) is 1.59. The number of likely N-dealkylation sites (N-methyl/N-ethyl adjacent to an activating group) is 1. The van der Waals surface area contributed by atoms with E-state index in [0.29, 0.717) is 0 Å². The van der Waals surface area contributed by atoms with E-state index in [4.69, 9.17) is 0 Å². The van der Waals surface area contributed by atoms with Crippen molar-refractivity contribution in [3.8, 4) is 0 Å². The Hall–Kier alpha value is -1.81. The predicted octanol–water partition coefficient (Wildman–Crippen LogP) is 3.10. The molecule has 2 rings (SSSR count). The number of nitrogens with one attached hydrogen (secondary N) is 1. The van der Waals surface area contributed by atoms with Crippen LogP contribution in [-0.2, 0) is 6.42 Å². The van der Waals surface area contributed by atoms with Gasteiger partial charge in [0.1, 0.15) is 0 Å². The molecule has 2 aromatic rings. The average Bonchev–Trinajstić information content (AvgIpc) is 2.97. The van der Waals surface area contributed by atoms with Gasteiger partial charge in [0.2, 0.25) is 0 Å². The molecule has 0 aliphatic heterocycles. The van der Waals surface area contributed by atoms with Gasteiger partial charge in [0, 0.05) is 31.2 Å². The molecule has 1 heterocycles. The van der Waals surface area contributed by atoms with Crippen molar-refractivity contribution in [3.63, 3.8) is 0 Å². The van der Waals surface area contributed by atoms with Crippen molar-refractivity contribution in [1.82, 2.24) is 4.90 Å². The molecule has 0 saturated carbocycles. The van der Waals surface area contributed by atoms with E-state index in [1.807, 2.05) is 44.4 Å². The summed E-state index contributed by atoms with van der Waals surface area (Å²) in [4.78, 5) is 15.5. The van der Waals surface area contributed by atoms with Crippen LogP contribution in [0.2, 0.25) is 0 Å². The quantitative estimate of drug-likeness (QED) is 0.908. The van der Waals surface area contributed by atoms with E-state index in [0.717, 1.165) is 24.2 Å². The van der Waals surface area contributed by atoms with Crippen molar-refractivity contribution in [1.29, 1.82) is 0 Å². The molecule has 19 heavy (non-hydrogen) atoms. The summed E-state index contributed by atoms with van der Waals surface area (Å²) in [6.45, 7) is 0.734. The standard InChI is InChI=1S/C15H18N2OS/c1-16-14-8-4-3-7-13(14)15(18)17(2)10-9-12-6-5-11-19-12/h3-8,11,16H,9-10H2,1-2H3. The van der Waals surface area contributed by atoms with E-state index in [1.165, 1.54) is 4.88 Å². The van der Waals surface area contributed by atoms with Gasteiger partial charge >= 0.3 is 0 Å². The normalized spacial score (nSPS) is 10.2. The van der Waals surface area contributed by atoms with E-state index in [1.54, 1.807) is 16.2 Å². The van der Waals surface area contributed by atoms with Gasteiger partial charge < -0.3 is 10.2 Å². The summed E-state index contributed by atoms with van der Waals surface area (Å²) in [5, 5.41) is 5.12. The van der Waals surface area contributed by atoms with E-state index in [-0.39, 0.29) is 5.91 Å². The molecule has 1 aromatic heterocycles. The number of hydrogen-bond acceptors (Lipinski definition) is 3. The Labute approximate surface area is 117 Å². The zero-order valence-electron chi connectivity index (χ0n) is 11.2. The molecule has 0 atom stereocenters. The lowest BCUT2D eigenvalue weighted by atomic mass is 10.1. The van der Waals surface area contributed by atoms with Crippen molar-refractivity contribution in [2.75, 3.05) is 26.0 Å². The largest absolute Gasteiger partial charge is 0.387 e. The summed E-state index contributed by atoms with van der Waals surface area (Å²) in [6, 6.07) is 11.7. The van der Waals surface area contributed by atoms with Crippen LogP contribution in [0.5, 0.6) is 0 Å². The number of hydrogen-bond donors (Lipinski definition) is 1. The van der Waals surface area contributed by atoms with E-state index >= 15 is 0 Å². The molecule has 0 bridgehead atoms. The minimum Gasteiger partial charge on any atom is -0.387 e. The van der Waals surface area contributed by atoms with Crippen molar-refractivity contribution < 1.29 is 4.79 Å². The van der Waals surface area contributed by atoms with Gasteiger partial charge in [0.25, 0.3) is 5.91 Å². The Morgan fingerprint density at radius 2 is 2.05 bits per heavy atom. The molecule has 0 spiro atoms. The minimum atomic E-state index is 0.0570. The fourth-order valence-corrected chi connectivity index (χ4v) is 2.63. The van der Waals surface area contributed by atoms with Crippen LogP contribution in [0.25, 0.3) is 0 Å². The number of para-hydroxylation sites is 1. The third kappa shape index (κ3) is 3.35. The van der Waals surface area contributed by atoms with Crippen LogP contribution in [0, 0.1) is 0 Å². The van der Waals surface area contributed by atoms with Crippen LogP contribution in [-0.4, -0.2) is 31.4 Å². The molecule has 4 heteroatoms. The first kappa shape index (κ1) is 13.6. The van der Waals surface area contributed by atoms with Crippen LogP contribution in [0.15, 0.2) is 41.8 Å². The molecule has 1 N–H and O–H groups in total. The Morgan fingerprint density at radius 3 is 2.74 bits per heavy atom. The third-order valence-corrected chi connectivity index (χ3v) is 3.98. The lowest BCUT2D eigenvalue weighted by Gasteiger charge is -2.18. The Balaban J connectivity index is 2.02. The lowest BCUT2D eigenvalue weighted by molar-refractivity contribution is 0.0798. The number of rotatable bonds is 5. The summed E-state index contributed by atoms with van der Waals surface area (Å²) in [6.07, 6.45) is 0.904. The van der Waals surface area contributed by atoms with Gasteiger partial charge in [-0.15, -0.1) is 11.3 Å². The van der Waals surface area contributed by atoms with Gasteiger partial charge in [0.05, 0.1) is 5.56 Å². The van der Waals surface area contributed by atoms with Gasteiger partial charge in [0.15, 0.2) is 0 Å². The van der Waals surface area contributed by atoms with Gasteiger partial charge in [-0.2, -0.15) is 0 Å². The Morgan fingerprint density at radius 1 is 1.26 bits per heavy atom. The van der Waals surface area contributed by atoms with Crippen molar-refractivity contribution >= 4 is 22.9 Å². The zero-order chi connectivity index (χ0) is 13.7. The molecule has 0 aliphatic carbocycles. The summed E-state index contributed by atoms with van der Waals surface area (Å²) >= 11 is 1.73. The van der Waals surface area contributed by atoms with E-state index in [9.17, 15) is 4.79 Å². The first-order chi connectivity index (χ1) is 9.22. The molecule has 0 radical (unpaired) electrons. The topological polar surface area (TPSA) is 32.3 Å². The molecular weight excluding hydrogens is 256 g/mol. The SMILES string of the molecule is CNc1ccccc1C(=O)N(C)CCc1cccs1. The second-order valence-electron chi connectivity index (χ2n) is 4.35. The number of nitrogens with zero attached hydrogens (tertiary/aromatic N) is 1. The lowest BCUT2D eigenvalue weighted by Crippen LogP contribution is -2.29. The van der Waals surface area contributed by atoms with Crippen molar-refractivity contribution in [2.24, 2.45) is 0 Å². The Kier molecular flexibility index (Phi) is 4.58. The highest BCUT2D eigenvalue weighted by atomic mass is 32.1. The van der Waals surface area contributed by atoms with E-state index in [2.05, 4.69) is 16.8 Å². The summed E-state index contributed by atoms with van der Waals surface area (Å²) in [7, 11) is 3.68. The van der Waals surface area contributed by atoms with Crippen LogP contribution in [0.4, 0.5) is 5.69 Å². The third-order valence-electron chi connectivity index (χ3n) is 3.05. The molecule has 1 aromatic carbocycles. The molecule has 1 amide bonds. The predicted molar refractivity (Wildman–Crippen MR) is 81.0 cm³/mol. The highest BCUT2D eigenvalue weighted by Crippen LogP contribution is 2.16. The molecule has 100 valence electrons. The number of thiophene rings is 1. The molecular formula is C15H18N2OS. The molecule has 0 unspecified atom stereocenters. The second-order valence-corrected chi connectivity index (χ2v) is 5.38. The molecule has 0 aliphatic rings. The summed E-state index contributed by atoms with van der Waals surface area (Å²) in [5.74, 6) is 0.0570. The highest BCUT2D eigenvalue weighted by molar-refractivity contribution is 7.09. The fraction of sp³-hybridized carbons (Fsp3) is 0.267. The van der Waals surface area contributed by atoms with Crippen LogP contribution in [0.1, 0.15) is 15.2 Å². The first-order valence-corrected chi connectivity index (χ1v) is 7.15. The van der Waals surface area contributed by atoms with Crippen LogP contribution < -0.4 is 5.32 Å². The first-order valence-electron chi connectivity index (χ1n) is 6.27. The number of amides is 1. The van der Waals surface area contributed by atoms with Gasteiger partial charge in [-0.1, -0.05) is 18.2 Å². The van der Waals surface area contributed by atoms with Crippen LogP contribution >= 0.6 is 11.3 Å². The zero-order valence-corrected chi connectivity index (χ0v) is 12.0. The maximum Gasteiger partial charge on any atom is 0.255 e. The molecule has 3 nitrogen and oxygen atoms in total. The van der Waals surface area contributed by atoms with Gasteiger partial charge in [-0.3, -0.25) is 4.79 Å². The highest BCUT2D eigenvalue weighted by Gasteiger charge is 2.14. The van der Waals surface area contributed by atoms with Gasteiger partial charge in [-0.25, -0.2) is 0 Å². The maximum atomic E-state index is 12.4. The number of carbonyl (C=O) groups excluding carboxylic acids is 1. The average molecular weight is 274 g/mol. The number of carbonyl (C=O) groups is 1. The smallest absolute Gasteiger partial charge is 0.255 e. The maximum absolute atomic E-state index is 12.4. The number of benzene rings is 1. The monoisotopic (exact) mass is 274 g/mol. The number of anilines is 1. The van der Waals surface area contributed by atoms with Crippen LogP contribution in [0.3, 0.4) is 0 Å². The summed E-state index contributed by atoms with van der Waals surface area (Å²) < 4.78 is 0. The molecule has 0 fully saturated rings. The van der Waals surface area contributed by atoms with Crippen molar-refractivity contribution in [3.05, 3.63) is 52.2 Å². The van der Waals surface area contributed by atoms with Gasteiger partial charge in [-0.05, 0) is 30.0 Å². The molecule has 0 saturated heterocycles.